The van der Waals surface area contributed by atoms with Gasteiger partial charge in [0.15, 0.2) is 5.17 Å². The average Bonchev–Trinajstić information content (AvgIpc) is 2.87. The molecule has 2 aromatic carbocycles. The van der Waals surface area contributed by atoms with Gasteiger partial charge in [0.1, 0.15) is 0 Å². The molecular formula is C16H17N3O2S. The number of rotatable bonds is 3. The summed E-state index contributed by atoms with van der Waals surface area (Å²) < 4.78 is 0. The highest BCUT2D eigenvalue weighted by atomic mass is 32.2. The molecule has 114 valence electrons. The van der Waals surface area contributed by atoms with Gasteiger partial charge in [0.05, 0.1) is 16.0 Å². The molecule has 0 spiro atoms. The molecule has 0 amide bonds. The van der Waals surface area contributed by atoms with E-state index < -0.39 is 0 Å². The summed E-state index contributed by atoms with van der Waals surface area (Å²) in [6.45, 7) is 2.17. The number of hydrogen-bond donors (Lipinski definition) is 0. The number of non-ortho nitro benzene ring substituents is 1. The van der Waals surface area contributed by atoms with E-state index in [1.165, 1.54) is 0 Å². The van der Waals surface area contributed by atoms with E-state index in [0.717, 1.165) is 28.4 Å². The Labute approximate surface area is 133 Å². The Bertz CT molecular complexity index is 760. The fraction of sp³-hybridized carbons (Fsp3) is 0.312. The smallest absolute Gasteiger partial charge is 0.277 e. The molecule has 0 saturated carbocycles. The van der Waals surface area contributed by atoms with Crippen LogP contribution in [-0.4, -0.2) is 33.8 Å². The normalized spacial score (nSPS) is 20.0. The molecule has 0 N–H and O–H groups in total. The Morgan fingerprint density at radius 3 is 2.68 bits per heavy atom. The van der Waals surface area contributed by atoms with E-state index in [1.807, 2.05) is 18.2 Å². The lowest BCUT2D eigenvalue weighted by molar-refractivity contribution is -0.383. The van der Waals surface area contributed by atoms with Gasteiger partial charge >= 0.3 is 0 Å². The highest BCUT2D eigenvalue weighted by Crippen LogP contribution is 2.35. The molecule has 1 fully saturated rings. The molecule has 5 nitrogen and oxygen atoms in total. The van der Waals surface area contributed by atoms with Crippen LogP contribution in [-0.2, 0) is 0 Å². The molecular weight excluding hydrogens is 298 g/mol. The lowest BCUT2D eigenvalue weighted by atomic mass is 10.1. The number of fused-ring (bicyclic) bond motifs is 1. The summed E-state index contributed by atoms with van der Waals surface area (Å²) in [5.74, 6) is 1.04. The fourth-order valence-electron chi connectivity index (χ4n) is 2.67. The number of thioether (sulfide) groups is 1. The van der Waals surface area contributed by atoms with Gasteiger partial charge in [-0.1, -0.05) is 36.9 Å². The summed E-state index contributed by atoms with van der Waals surface area (Å²) >= 11 is 1.74. The highest BCUT2D eigenvalue weighted by Gasteiger charge is 2.25. The summed E-state index contributed by atoms with van der Waals surface area (Å²) in [6.07, 6.45) is 1.09. The molecule has 0 aromatic heterocycles. The molecule has 0 aliphatic carbocycles. The van der Waals surface area contributed by atoms with Crippen LogP contribution >= 0.6 is 11.8 Å². The number of amidine groups is 1. The summed E-state index contributed by atoms with van der Waals surface area (Å²) in [4.78, 5) is 17.8. The zero-order valence-electron chi connectivity index (χ0n) is 12.5. The first-order valence-electron chi connectivity index (χ1n) is 7.22. The molecule has 1 atom stereocenters. The first-order chi connectivity index (χ1) is 10.6. The van der Waals surface area contributed by atoms with Gasteiger partial charge in [-0.3, -0.25) is 10.1 Å². The molecule has 0 radical (unpaired) electrons. The van der Waals surface area contributed by atoms with E-state index in [4.69, 9.17) is 4.99 Å². The van der Waals surface area contributed by atoms with Crippen molar-refractivity contribution in [3.63, 3.8) is 0 Å². The summed E-state index contributed by atoms with van der Waals surface area (Å²) in [6, 6.07) is 11.1. The second-order valence-corrected chi connectivity index (χ2v) is 6.27. The number of hydrogen-bond acceptors (Lipinski definition) is 4. The van der Waals surface area contributed by atoms with E-state index in [9.17, 15) is 10.1 Å². The van der Waals surface area contributed by atoms with Crippen molar-refractivity contribution < 1.29 is 4.92 Å². The van der Waals surface area contributed by atoms with Crippen molar-refractivity contribution in [2.75, 3.05) is 12.8 Å². The van der Waals surface area contributed by atoms with Crippen molar-refractivity contribution in [1.82, 2.24) is 4.90 Å². The van der Waals surface area contributed by atoms with Gasteiger partial charge < -0.3 is 4.90 Å². The Morgan fingerprint density at radius 1 is 1.32 bits per heavy atom. The molecule has 1 saturated heterocycles. The predicted molar refractivity (Wildman–Crippen MR) is 92.0 cm³/mol. The topological polar surface area (TPSA) is 58.7 Å². The fourth-order valence-corrected chi connectivity index (χ4v) is 3.99. The van der Waals surface area contributed by atoms with Crippen LogP contribution in [0.1, 0.15) is 13.3 Å². The molecule has 22 heavy (non-hydrogen) atoms. The van der Waals surface area contributed by atoms with Crippen LogP contribution in [0.5, 0.6) is 0 Å². The Hall–Kier alpha value is -2.08. The molecule has 1 heterocycles. The number of benzene rings is 2. The zero-order chi connectivity index (χ0) is 15.7. The number of nitro groups is 1. The van der Waals surface area contributed by atoms with Crippen LogP contribution in [0.25, 0.3) is 10.8 Å². The van der Waals surface area contributed by atoms with Gasteiger partial charge in [-0.2, -0.15) is 0 Å². The number of aliphatic imine (C=N–C) groups is 1. The summed E-state index contributed by atoms with van der Waals surface area (Å²) in [7, 11) is 2.06. The van der Waals surface area contributed by atoms with E-state index in [2.05, 4.69) is 18.9 Å². The molecule has 2 aromatic rings. The SMILES string of the molecule is CC[C@H]1CSC(=Nc2ccc([N+](=O)[O-])c3ccccc23)N1C. The van der Waals surface area contributed by atoms with Crippen molar-refractivity contribution >= 4 is 39.1 Å². The minimum atomic E-state index is -0.344. The van der Waals surface area contributed by atoms with E-state index in [0.29, 0.717) is 11.4 Å². The maximum absolute atomic E-state index is 11.2. The van der Waals surface area contributed by atoms with E-state index in [-0.39, 0.29) is 10.6 Å². The predicted octanol–water partition coefficient (Wildman–Crippen LogP) is 4.19. The van der Waals surface area contributed by atoms with Gasteiger partial charge in [0, 0.05) is 30.3 Å². The Balaban J connectivity index is 2.10. The van der Waals surface area contributed by atoms with Crippen molar-refractivity contribution in [2.24, 2.45) is 4.99 Å². The van der Waals surface area contributed by atoms with Crippen molar-refractivity contribution in [2.45, 2.75) is 19.4 Å². The minimum Gasteiger partial charge on any atom is -0.350 e. The first-order valence-corrected chi connectivity index (χ1v) is 8.21. The molecule has 0 unspecified atom stereocenters. The van der Waals surface area contributed by atoms with Crippen molar-refractivity contribution in [1.29, 1.82) is 0 Å². The maximum Gasteiger partial charge on any atom is 0.277 e. The third kappa shape index (κ3) is 2.54. The average molecular weight is 315 g/mol. The van der Waals surface area contributed by atoms with Gasteiger partial charge in [0.2, 0.25) is 0 Å². The standard InChI is InChI=1S/C16H17N3O2S/c1-3-11-10-22-16(18(11)2)17-14-8-9-15(19(20)21)13-7-5-4-6-12(13)14/h4-9,11H,3,10H2,1-2H3/t11-/m0/s1. The molecule has 0 bridgehead atoms. The lowest BCUT2D eigenvalue weighted by Crippen LogP contribution is -2.28. The Morgan fingerprint density at radius 2 is 2.05 bits per heavy atom. The van der Waals surface area contributed by atoms with Crippen LogP contribution in [0.3, 0.4) is 0 Å². The molecule has 1 aliphatic rings. The van der Waals surface area contributed by atoms with Gasteiger partial charge in [-0.25, -0.2) is 4.99 Å². The largest absolute Gasteiger partial charge is 0.350 e. The maximum atomic E-state index is 11.2. The minimum absolute atomic E-state index is 0.124. The van der Waals surface area contributed by atoms with Crippen LogP contribution < -0.4 is 0 Å². The second kappa shape index (κ2) is 5.96. The highest BCUT2D eigenvalue weighted by molar-refractivity contribution is 8.14. The molecule has 6 heteroatoms. The quantitative estimate of drug-likeness (QED) is 0.629. The third-order valence-corrected chi connectivity index (χ3v) is 5.21. The van der Waals surface area contributed by atoms with Crippen molar-refractivity contribution in [3.8, 4) is 0 Å². The zero-order valence-corrected chi connectivity index (χ0v) is 13.3. The number of nitrogens with zero attached hydrogens (tertiary/aromatic N) is 3. The third-order valence-electron chi connectivity index (χ3n) is 4.02. The first kappa shape index (κ1) is 14.8. The lowest BCUT2D eigenvalue weighted by Gasteiger charge is -2.19. The van der Waals surface area contributed by atoms with Crippen molar-refractivity contribution in [3.05, 3.63) is 46.5 Å². The van der Waals surface area contributed by atoms with Crippen LogP contribution in [0, 0.1) is 10.1 Å². The van der Waals surface area contributed by atoms with Crippen LogP contribution in [0.4, 0.5) is 11.4 Å². The van der Waals surface area contributed by atoms with Gasteiger partial charge in [0.25, 0.3) is 5.69 Å². The Kier molecular flexibility index (Phi) is 4.02. The van der Waals surface area contributed by atoms with Crippen LogP contribution in [0.2, 0.25) is 0 Å². The number of nitro benzene ring substituents is 1. The second-order valence-electron chi connectivity index (χ2n) is 5.28. The van der Waals surface area contributed by atoms with Gasteiger partial charge in [-0.15, -0.1) is 0 Å². The van der Waals surface area contributed by atoms with Crippen LogP contribution in [0.15, 0.2) is 41.4 Å². The molecule has 3 rings (SSSR count). The molecule has 1 aliphatic heterocycles. The summed E-state index contributed by atoms with van der Waals surface area (Å²) in [5, 5.41) is 13.6. The summed E-state index contributed by atoms with van der Waals surface area (Å²) in [5.41, 5.74) is 0.908. The van der Waals surface area contributed by atoms with E-state index in [1.54, 1.807) is 30.0 Å². The van der Waals surface area contributed by atoms with Gasteiger partial charge in [-0.05, 0) is 18.6 Å². The monoisotopic (exact) mass is 315 g/mol. The van der Waals surface area contributed by atoms with E-state index >= 15 is 0 Å².